The number of furan rings is 1. The van der Waals surface area contributed by atoms with Crippen LogP contribution in [0.15, 0.2) is 87.1 Å². The van der Waals surface area contributed by atoms with Gasteiger partial charge >= 0.3 is 103 Å². The first kappa shape index (κ1) is 41.2. The van der Waals surface area contributed by atoms with E-state index in [0.717, 1.165) is 75.7 Å². The number of carboxylic acids is 2. The third-order valence-electron chi connectivity index (χ3n) is 9.75. The number of benzene rings is 1. The number of nitriles is 1. The number of carbonyl (C=O) groups excluding carboxylic acids is 2. The Morgan fingerprint density at radius 1 is 0.774 bits per heavy atom. The second-order valence-corrected chi connectivity index (χ2v) is 13.1. The fourth-order valence-corrected chi connectivity index (χ4v) is 6.83. The molecule has 2 saturated carbocycles. The van der Waals surface area contributed by atoms with E-state index >= 15 is 0 Å². The average Bonchev–Trinajstić information content (AvgIpc) is 4.07. The van der Waals surface area contributed by atoms with Crippen LogP contribution >= 0.6 is 0 Å². The molecule has 256 valence electrons. The Kier molecular flexibility index (Phi) is 13.1. The average molecular weight is 759 g/mol. The molecule has 0 bridgehead atoms. The van der Waals surface area contributed by atoms with Crippen LogP contribution in [0, 0.1) is 25.2 Å². The summed E-state index contributed by atoms with van der Waals surface area (Å²) >= 11 is 0. The molecule has 0 radical (unpaired) electrons. The van der Waals surface area contributed by atoms with Crippen molar-refractivity contribution in [2.45, 2.75) is 57.9 Å². The predicted molar refractivity (Wildman–Crippen MR) is 185 cm³/mol. The van der Waals surface area contributed by atoms with Gasteiger partial charge in [-0.25, -0.2) is 0 Å². The van der Waals surface area contributed by atoms with E-state index in [9.17, 15) is 29.4 Å². The summed E-state index contributed by atoms with van der Waals surface area (Å²) < 4.78 is 8.57. The van der Waals surface area contributed by atoms with Gasteiger partial charge in [-0.2, -0.15) is 5.26 Å². The molecule has 1 aromatic carbocycles. The standard InChI is InChI=1S/C21H16N2O3.C19H18N2O4.2K/c1-12-16(14-4-2-13(11-22)3-5-14)8-9-23-19(12)17(15-6-7-15)10-18(20(23)24)21(25)26;1-10-13(16-5-4-12(9-20)25-16)6-7-21-17(10)14(11-2-3-11)8-15(18(21)22)19(23)24;;/h2-5,8-10,15H,6-7H2,1H3,(H,25,26);4-8,11H,2-3,9,20H2,1H3,(H,23,24);;/q;;2*+1/p-2. The molecule has 0 amide bonds. The number of nitrogens with zero attached hydrogens (tertiary/aromatic N) is 3. The van der Waals surface area contributed by atoms with Gasteiger partial charge < -0.3 is 30.0 Å². The van der Waals surface area contributed by atoms with Gasteiger partial charge in [0.2, 0.25) is 0 Å². The number of aromatic carboxylic acids is 2. The van der Waals surface area contributed by atoms with Crippen LogP contribution < -0.4 is 130 Å². The Hall–Kier alpha value is -2.98. The van der Waals surface area contributed by atoms with E-state index in [1.54, 1.807) is 36.7 Å². The van der Waals surface area contributed by atoms with Crippen LogP contribution in [0.1, 0.15) is 91.8 Å². The molecular weight excluding hydrogens is 727 g/mol. The van der Waals surface area contributed by atoms with E-state index in [1.165, 1.54) is 20.9 Å². The Morgan fingerprint density at radius 2 is 1.25 bits per heavy atom. The molecule has 8 rings (SSSR count). The van der Waals surface area contributed by atoms with Gasteiger partial charge in [0.05, 0.1) is 52.3 Å². The number of aryl methyl sites for hydroxylation is 2. The quantitative estimate of drug-likeness (QED) is 0.179. The van der Waals surface area contributed by atoms with Crippen molar-refractivity contribution >= 4 is 23.0 Å². The maximum atomic E-state index is 12.6. The Morgan fingerprint density at radius 3 is 1.66 bits per heavy atom. The summed E-state index contributed by atoms with van der Waals surface area (Å²) in [6.45, 7) is 4.17. The van der Waals surface area contributed by atoms with E-state index in [1.807, 2.05) is 38.1 Å². The number of hydrogen-bond donors (Lipinski definition) is 1. The molecule has 0 unspecified atom stereocenters. The summed E-state index contributed by atoms with van der Waals surface area (Å²) in [6.07, 6.45) is 7.17. The first-order chi connectivity index (χ1) is 24.5. The van der Waals surface area contributed by atoms with E-state index in [0.29, 0.717) is 23.6 Å². The van der Waals surface area contributed by atoms with Gasteiger partial charge in [0.25, 0.3) is 11.1 Å². The van der Waals surface area contributed by atoms with E-state index in [-0.39, 0.29) is 126 Å². The molecule has 2 N–H and O–H groups in total. The van der Waals surface area contributed by atoms with Crippen LogP contribution in [0.4, 0.5) is 0 Å². The van der Waals surface area contributed by atoms with Gasteiger partial charge in [-0.3, -0.25) is 18.4 Å². The number of pyridine rings is 4. The molecule has 6 aromatic rings. The smallest absolute Gasteiger partial charge is 0.545 e. The van der Waals surface area contributed by atoms with Crippen molar-refractivity contribution in [2.24, 2.45) is 5.73 Å². The number of rotatable bonds is 7. The number of carboxylic acid groups (broad SMARTS) is 2. The molecule has 0 saturated heterocycles. The Balaban J connectivity index is 0.000000197. The topological polar surface area (TPSA) is 186 Å². The number of nitrogens with two attached hydrogens (primary N) is 1. The number of carbonyl (C=O) groups is 2. The molecule has 11 nitrogen and oxygen atoms in total. The van der Waals surface area contributed by atoms with E-state index in [2.05, 4.69) is 6.07 Å². The van der Waals surface area contributed by atoms with Crippen LogP contribution in [-0.2, 0) is 6.54 Å². The third-order valence-corrected chi connectivity index (χ3v) is 9.75. The molecule has 0 atom stereocenters. The molecule has 53 heavy (non-hydrogen) atoms. The zero-order valence-corrected chi connectivity index (χ0v) is 36.1. The van der Waals surface area contributed by atoms with Gasteiger partial charge in [0, 0.05) is 18.0 Å². The fraction of sp³-hybridized carbons (Fsp3) is 0.225. The van der Waals surface area contributed by atoms with Gasteiger partial charge in [-0.1, -0.05) is 12.1 Å². The van der Waals surface area contributed by atoms with Crippen molar-refractivity contribution in [1.82, 2.24) is 8.80 Å². The van der Waals surface area contributed by atoms with Crippen LogP contribution in [0.2, 0.25) is 0 Å². The van der Waals surface area contributed by atoms with Gasteiger partial charge in [0.1, 0.15) is 11.5 Å². The van der Waals surface area contributed by atoms with Crippen LogP contribution in [-0.4, -0.2) is 20.7 Å². The second kappa shape index (κ2) is 16.8. The number of aromatic nitrogens is 2. The summed E-state index contributed by atoms with van der Waals surface area (Å²) in [5.41, 5.74) is 12.3. The van der Waals surface area contributed by atoms with Crippen molar-refractivity contribution in [3.63, 3.8) is 0 Å². The minimum absolute atomic E-state index is 0. The normalized spacial score (nSPS) is 13.3. The molecule has 2 aliphatic carbocycles. The Bertz CT molecular complexity index is 2570. The minimum atomic E-state index is -1.44. The summed E-state index contributed by atoms with van der Waals surface area (Å²) in [4.78, 5) is 47.7. The van der Waals surface area contributed by atoms with Crippen molar-refractivity contribution in [1.29, 1.82) is 5.26 Å². The molecule has 2 aliphatic rings. The summed E-state index contributed by atoms with van der Waals surface area (Å²) in [7, 11) is 0. The molecule has 5 aromatic heterocycles. The second-order valence-electron chi connectivity index (χ2n) is 13.1. The summed E-state index contributed by atoms with van der Waals surface area (Å²) in [5, 5.41) is 31.6. The summed E-state index contributed by atoms with van der Waals surface area (Å²) in [5.74, 6) is -0.973. The maximum absolute atomic E-state index is 12.6. The van der Waals surface area contributed by atoms with Gasteiger partial charge in [-0.15, -0.1) is 0 Å². The first-order valence-electron chi connectivity index (χ1n) is 16.6. The fourth-order valence-electron chi connectivity index (χ4n) is 6.83. The molecular formula is C40H32K2N4O7. The molecule has 2 fully saturated rings. The molecule has 13 heteroatoms. The SMILES string of the molecule is Cc1c(-c2ccc(C#N)cc2)ccn2c(=O)c(C(=O)[O-])cc(C3CC3)c12.Cc1c(-c2ccc(CN)o2)ccn2c(=O)c(C(=O)[O-])cc(C3CC3)c12.[K+].[K+]. The van der Waals surface area contributed by atoms with Gasteiger partial charge in [0.15, 0.2) is 0 Å². The van der Waals surface area contributed by atoms with E-state index in [4.69, 9.17) is 15.4 Å². The molecule has 5 heterocycles. The number of fused-ring (bicyclic) bond motifs is 2. The zero-order chi connectivity index (χ0) is 36.1. The predicted octanol–water partition coefficient (Wildman–Crippen LogP) is -2.04. The van der Waals surface area contributed by atoms with Crippen LogP contribution in [0.5, 0.6) is 0 Å². The minimum Gasteiger partial charge on any atom is -0.545 e. The molecule has 0 aliphatic heterocycles. The van der Waals surface area contributed by atoms with Crippen molar-refractivity contribution in [3.05, 3.63) is 138 Å². The van der Waals surface area contributed by atoms with Gasteiger partial charge in [-0.05, 0) is 133 Å². The van der Waals surface area contributed by atoms with E-state index < -0.39 is 23.1 Å². The maximum Gasteiger partial charge on any atom is 1.00 e. The molecule has 0 spiro atoms. The van der Waals surface area contributed by atoms with Crippen molar-refractivity contribution in [2.75, 3.05) is 0 Å². The zero-order valence-electron chi connectivity index (χ0n) is 29.9. The first-order valence-corrected chi connectivity index (χ1v) is 16.6. The largest absolute Gasteiger partial charge is 1.00 e. The van der Waals surface area contributed by atoms with Crippen LogP contribution in [0.25, 0.3) is 33.5 Å². The number of hydrogen-bond acceptors (Lipinski definition) is 9. The van der Waals surface area contributed by atoms with Crippen molar-refractivity contribution in [3.8, 4) is 28.5 Å². The summed E-state index contributed by atoms with van der Waals surface area (Å²) in [6, 6.07) is 19.6. The van der Waals surface area contributed by atoms with Crippen LogP contribution in [0.3, 0.4) is 0 Å². The third kappa shape index (κ3) is 8.05. The Labute approximate surface area is 389 Å². The van der Waals surface area contributed by atoms with Crippen molar-refractivity contribution < 1.29 is 127 Å². The monoisotopic (exact) mass is 758 g/mol.